The van der Waals surface area contributed by atoms with Crippen molar-refractivity contribution in [3.8, 4) is 5.75 Å². The zero-order chi connectivity index (χ0) is 17.1. The lowest BCUT2D eigenvalue weighted by molar-refractivity contribution is -0.126. The van der Waals surface area contributed by atoms with Crippen LogP contribution in [-0.2, 0) is 9.59 Å². The fourth-order valence-electron chi connectivity index (χ4n) is 1.73. The molecule has 0 radical (unpaired) electrons. The van der Waals surface area contributed by atoms with Crippen molar-refractivity contribution in [3.05, 3.63) is 48.6 Å². The van der Waals surface area contributed by atoms with E-state index >= 15 is 0 Å². The largest absolute Gasteiger partial charge is 0.490 e. The van der Waals surface area contributed by atoms with E-state index in [1.807, 2.05) is 31.2 Å². The van der Waals surface area contributed by atoms with Crippen LogP contribution in [0.4, 0.5) is 0 Å². The molecule has 0 spiro atoms. The SMILES string of the molecule is C=CCOc1ccc(/C=C/C(=O)N[C@@H](C)C(=O)NCCC)cc1. The average Bonchev–Trinajstić information content (AvgIpc) is 2.56. The molecule has 0 unspecified atom stereocenters. The molecule has 0 saturated carbocycles. The summed E-state index contributed by atoms with van der Waals surface area (Å²) in [6.07, 6.45) is 5.63. The predicted molar refractivity (Wildman–Crippen MR) is 92.1 cm³/mol. The van der Waals surface area contributed by atoms with E-state index in [0.717, 1.165) is 17.7 Å². The van der Waals surface area contributed by atoms with Crippen molar-refractivity contribution in [2.45, 2.75) is 26.3 Å². The standard InChI is InChI=1S/C18H24N2O3/c1-4-12-19-18(22)14(3)20-17(21)11-8-15-6-9-16(10-7-15)23-13-5-2/h5-11,14H,2,4,12-13H2,1,3H3,(H,19,22)(H,20,21)/b11-8+/t14-/m0/s1. The van der Waals surface area contributed by atoms with E-state index in [2.05, 4.69) is 17.2 Å². The maximum absolute atomic E-state index is 11.8. The highest BCUT2D eigenvalue weighted by Gasteiger charge is 2.12. The van der Waals surface area contributed by atoms with Gasteiger partial charge in [-0.2, -0.15) is 0 Å². The Morgan fingerprint density at radius 1 is 1.30 bits per heavy atom. The van der Waals surface area contributed by atoms with E-state index < -0.39 is 6.04 Å². The molecule has 124 valence electrons. The third kappa shape index (κ3) is 7.31. The Balaban J connectivity index is 2.48. The molecule has 0 fully saturated rings. The van der Waals surface area contributed by atoms with Crippen LogP contribution in [0.2, 0.25) is 0 Å². The molecule has 1 rings (SSSR count). The number of hydrogen-bond acceptors (Lipinski definition) is 3. The van der Waals surface area contributed by atoms with Crippen molar-refractivity contribution in [1.82, 2.24) is 10.6 Å². The van der Waals surface area contributed by atoms with Crippen molar-refractivity contribution in [1.29, 1.82) is 0 Å². The van der Waals surface area contributed by atoms with E-state index in [9.17, 15) is 9.59 Å². The molecule has 2 N–H and O–H groups in total. The number of nitrogens with one attached hydrogen (secondary N) is 2. The first-order valence-corrected chi connectivity index (χ1v) is 7.66. The van der Waals surface area contributed by atoms with Gasteiger partial charge in [0.15, 0.2) is 0 Å². The molecule has 0 heterocycles. The first kappa shape index (κ1) is 18.5. The minimum Gasteiger partial charge on any atom is -0.490 e. The molecule has 5 heteroatoms. The molecule has 0 aliphatic carbocycles. The van der Waals surface area contributed by atoms with Gasteiger partial charge in [0.1, 0.15) is 18.4 Å². The fourth-order valence-corrected chi connectivity index (χ4v) is 1.73. The summed E-state index contributed by atoms with van der Waals surface area (Å²) < 4.78 is 5.38. The van der Waals surface area contributed by atoms with Crippen molar-refractivity contribution in [2.75, 3.05) is 13.2 Å². The quantitative estimate of drug-likeness (QED) is 0.542. The molecule has 1 aromatic rings. The van der Waals surface area contributed by atoms with Gasteiger partial charge in [0, 0.05) is 12.6 Å². The van der Waals surface area contributed by atoms with Crippen molar-refractivity contribution >= 4 is 17.9 Å². The number of amides is 2. The van der Waals surface area contributed by atoms with Gasteiger partial charge in [-0.3, -0.25) is 9.59 Å². The zero-order valence-corrected chi connectivity index (χ0v) is 13.7. The zero-order valence-electron chi connectivity index (χ0n) is 13.7. The summed E-state index contributed by atoms with van der Waals surface area (Å²) in [5.74, 6) is 0.251. The van der Waals surface area contributed by atoms with E-state index in [1.165, 1.54) is 6.08 Å². The number of rotatable bonds is 9. The molecular formula is C18H24N2O3. The molecule has 0 aliphatic rings. The summed E-state index contributed by atoms with van der Waals surface area (Å²) in [6.45, 7) is 8.27. The van der Waals surface area contributed by atoms with Gasteiger partial charge >= 0.3 is 0 Å². The van der Waals surface area contributed by atoms with Crippen LogP contribution in [0.15, 0.2) is 43.0 Å². The second-order valence-electron chi connectivity index (χ2n) is 5.02. The van der Waals surface area contributed by atoms with Gasteiger partial charge in [-0.15, -0.1) is 0 Å². The van der Waals surface area contributed by atoms with E-state index in [0.29, 0.717) is 13.2 Å². The van der Waals surface area contributed by atoms with Crippen LogP contribution in [0, 0.1) is 0 Å². The van der Waals surface area contributed by atoms with Crippen molar-refractivity contribution in [3.63, 3.8) is 0 Å². The summed E-state index contributed by atoms with van der Waals surface area (Å²) in [5.41, 5.74) is 0.870. The van der Waals surface area contributed by atoms with Crippen LogP contribution in [0.25, 0.3) is 6.08 Å². The third-order valence-electron chi connectivity index (χ3n) is 2.98. The van der Waals surface area contributed by atoms with Crippen LogP contribution in [0.5, 0.6) is 5.75 Å². The number of benzene rings is 1. The highest BCUT2D eigenvalue weighted by Crippen LogP contribution is 2.13. The molecule has 23 heavy (non-hydrogen) atoms. The van der Waals surface area contributed by atoms with Gasteiger partial charge in [0.25, 0.3) is 0 Å². The lowest BCUT2D eigenvalue weighted by Crippen LogP contribution is -2.44. The normalized spacial score (nSPS) is 11.7. The fraction of sp³-hybridized carbons (Fsp3) is 0.333. The Morgan fingerprint density at radius 3 is 2.61 bits per heavy atom. The minimum atomic E-state index is -0.562. The molecule has 0 aromatic heterocycles. The van der Waals surface area contributed by atoms with Crippen molar-refractivity contribution in [2.24, 2.45) is 0 Å². The van der Waals surface area contributed by atoms with E-state index in [4.69, 9.17) is 4.74 Å². The van der Waals surface area contributed by atoms with Gasteiger partial charge in [-0.05, 0) is 37.1 Å². The summed E-state index contributed by atoms with van der Waals surface area (Å²) >= 11 is 0. The molecule has 0 aliphatic heterocycles. The molecule has 0 bridgehead atoms. The second-order valence-corrected chi connectivity index (χ2v) is 5.02. The Kier molecular flexibility index (Phi) is 8.21. The monoisotopic (exact) mass is 316 g/mol. The minimum absolute atomic E-state index is 0.183. The lowest BCUT2D eigenvalue weighted by Gasteiger charge is -2.12. The Hall–Kier alpha value is -2.56. The van der Waals surface area contributed by atoms with Gasteiger partial charge in [0.2, 0.25) is 11.8 Å². The number of ether oxygens (including phenoxy) is 1. The molecule has 0 saturated heterocycles. The third-order valence-corrected chi connectivity index (χ3v) is 2.98. The second kappa shape index (κ2) is 10.2. The highest BCUT2D eigenvalue weighted by atomic mass is 16.5. The number of hydrogen-bond donors (Lipinski definition) is 2. The van der Waals surface area contributed by atoms with Gasteiger partial charge in [-0.25, -0.2) is 0 Å². The first-order chi connectivity index (χ1) is 11.1. The molecule has 5 nitrogen and oxygen atoms in total. The summed E-state index contributed by atoms with van der Waals surface area (Å²) in [7, 11) is 0. The lowest BCUT2D eigenvalue weighted by atomic mass is 10.2. The van der Waals surface area contributed by atoms with Crippen LogP contribution < -0.4 is 15.4 Å². The van der Waals surface area contributed by atoms with Gasteiger partial charge in [0.05, 0.1) is 0 Å². The van der Waals surface area contributed by atoms with Crippen LogP contribution in [-0.4, -0.2) is 31.0 Å². The van der Waals surface area contributed by atoms with Gasteiger partial charge < -0.3 is 15.4 Å². The smallest absolute Gasteiger partial charge is 0.244 e. The Morgan fingerprint density at radius 2 is 2.00 bits per heavy atom. The van der Waals surface area contributed by atoms with Crippen LogP contribution in [0.1, 0.15) is 25.8 Å². The molecule has 1 atom stereocenters. The Labute approximate surface area is 137 Å². The number of carbonyl (C=O) groups excluding carboxylic acids is 2. The molecule has 1 aromatic carbocycles. The molecular weight excluding hydrogens is 292 g/mol. The first-order valence-electron chi connectivity index (χ1n) is 7.66. The molecule has 2 amide bonds. The number of carbonyl (C=O) groups is 2. The summed E-state index contributed by atoms with van der Waals surface area (Å²) in [5, 5.41) is 5.36. The van der Waals surface area contributed by atoms with E-state index in [1.54, 1.807) is 19.1 Å². The Bertz CT molecular complexity index is 550. The maximum atomic E-state index is 11.8. The maximum Gasteiger partial charge on any atom is 0.244 e. The average molecular weight is 316 g/mol. The predicted octanol–water partition coefficient (Wildman–Crippen LogP) is 2.30. The summed E-state index contributed by atoms with van der Waals surface area (Å²) in [4.78, 5) is 23.5. The summed E-state index contributed by atoms with van der Waals surface area (Å²) in [6, 6.07) is 6.77. The van der Waals surface area contributed by atoms with Gasteiger partial charge in [-0.1, -0.05) is 31.7 Å². The highest BCUT2D eigenvalue weighted by molar-refractivity contribution is 5.95. The van der Waals surface area contributed by atoms with E-state index in [-0.39, 0.29) is 11.8 Å². The van der Waals surface area contributed by atoms with Crippen LogP contribution >= 0.6 is 0 Å². The van der Waals surface area contributed by atoms with Crippen molar-refractivity contribution < 1.29 is 14.3 Å². The topological polar surface area (TPSA) is 67.4 Å². The van der Waals surface area contributed by atoms with Crippen LogP contribution in [0.3, 0.4) is 0 Å².